The quantitative estimate of drug-likeness (QED) is 0.879. The number of nitrogens with one attached hydrogen (secondary N) is 1. The van der Waals surface area contributed by atoms with Crippen LogP contribution < -0.4 is 5.32 Å². The van der Waals surface area contributed by atoms with E-state index in [1.54, 1.807) is 19.1 Å². The Balaban J connectivity index is 2.42. The average molecular weight is 253 g/mol. The molecule has 1 heterocycles. The first kappa shape index (κ1) is 12.2. The van der Waals surface area contributed by atoms with Gasteiger partial charge in [-0.15, -0.1) is 11.3 Å². The molecule has 2 rings (SSSR count). The largest absolute Gasteiger partial charge is 0.316 e. The van der Waals surface area contributed by atoms with E-state index in [1.807, 2.05) is 18.5 Å². The van der Waals surface area contributed by atoms with E-state index in [0.29, 0.717) is 11.1 Å². The standard InChI is InChI=1S/C13H13F2NS/c1-8-3-4-10(13(15)12(8)14)11-5-9(6-16-2)7-17-11/h3-5,7,16H,6H2,1-2H3. The SMILES string of the molecule is CNCc1csc(-c2ccc(C)c(F)c2F)c1. The van der Waals surface area contributed by atoms with E-state index in [-0.39, 0.29) is 0 Å². The Morgan fingerprint density at radius 3 is 2.71 bits per heavy atom. The highest BCUT2D eigenvalue weighted by Gasteiger charge is 2.13. The maximum Gasteiger partial charge on any atom is 0.167 e. The second-order valence-electron chi connectivity index (χ2n) is 3.91. The number of thiophene rings is 1. The summed E-state index contributed by atoms with van der Waals surface area (Å²) in [5.74, 6) is -1.52. The molecule has 90 valence electrons. The van der Waals surface area contributed by atoms with Crippen LogP contribution in [0.1, 0.15) is 11.1 Å². The Morgan fingerprint density at radius 2 is 2.00 bits per heavy atom. The molecule has 0 amide bonds. The lowest BCUT2D eigenvalue weighted by atomic mass is 10.1. The topological polar surface area (TPSA) is 12.0 Å². The van der Waals surface area contributed by atoms with Gasteiger partial charge in [-0.1, -0.05) is 12.1 Å². The van der Waals surface area contributed by atoms with E-state index < -0.39 is 11.6 Å². The molecule has 0 unspecified atom stereocenters. The third-order valence-corrected chi connectivity index (χ3v) is 3.59. The third kappa shape index (κ3) is 2.37. The summed E-state index contributed by atoms with van der Waals surface area (Å²) in [6.45, 7) is 2.29. The number of aryl methyl sites for hydroxylation is 1. The van der Waals surface area contributed by atoms with Crippen LogP contribution in [0, 0.1) is 18.6 Å². The molecule has 0 bridgehead atoms. The van der Waals surface area contributed by atoms with Crippen LogP contribution in [0.4, 0.5) is 8.78 Å². The molecule has 0 radical (unpaired) electrons. The zero-order chi connectivity index (χ0) is 12.4. The molecular weight excluding hydrogens is 240 g/mol. The summed E-state index contributed by atoms with van der Waals surface area (Å²) >= 11 is 1.42. The molecule has 2 aromatic rings. The minimum Gasteiger partial charge on any atom is -0.316 e. The fourth-order valence-corrected chi connectivity index (χ4v) is 2.58. The summed E-state index contributed by atoms with van der Waals surface area (Å²) in [4.78, 5) is 0.756. The first-order valence-corrected chi connectivity index (χ1v) is 6.18. The van der Waals surface area contributed by atoms with Crippen molar-refractivity contribution in [1.29, 1.82) is 0 Å². The van der Waals surface area contributed by atoms with E-state index in [0.717, 1.165) is 17.0 Å². The molecule has 0 aliphatic carbocycles. The Hall–Kier alpha value is -1.26. The molecule has 1 aromatic carbocycles. The first-order chi connectivity index (χ1) is 8.13. The van der Waals surface area contributed by atoms with Gasteiger partial charge in [0.05, 0.1) is 0 Å². The van der Waals surface area contributed by atoms with Gasteiger partial charge in [0.25, 0.3) is 0 Å². The van der Waals surface area contributed by atoms with Crippen LogP contribution in [0.2, 0.25) is 0 Å². The molecule has 0 saturated carbocycles. The van der Waals surface area contributed by atoms with Crippen LogP contribution in [0.3, 0.4) is 0 Å². The number of benzene rings is 1. The highest BCUT2D eigenvalue weighted by molar-refractivity contribution is 7.13. The molecule has 0 saturated heterocycles. The molecule has 0 aliphatic rings. The van der Waals surface area contributed by atoms with Crippen molar-refractivity contribution >= 4 is 11.3 Å². The normalized spacial score (nSPS) is 10.8. The molecule has 17 heavy (non-hydrogen) atoms. The van der Waals surface area contributed by atoms with E-state index in [9.17, 15) is 8.78 Å². The fourth-order valence-electron chi connectivity index (χ4n) is 1.65. The van der Waals surface area contributed by atoms with Crippen molar-refractivity contribution in [2.75, 3.05) is 7.05 Å². The average Bonchev–Trinajstić information content (AvgIpc) is 2.75. The minimum absolute atomic E-state index is 0.332. The number of rotatable bonds is 3. The summed E-state index contributed by atoms with van der Waals surface area (Å²) < 4.78 is 27.2. The van der Waals surface area contributed by atoms with Crippen LogP contribution in [0.5, 0.6) is 0 Å². The molecule has 1 aromatic heterocycles. The van der Waals surface area contributed by atoms with Gasteiger partial charge in [0.1, 0.15) is 0 Å². The number of halogens is 2. The molecule has 4 heteroatoms. The Bertz CT molecular complexity index is 534. The summed E-state index contributed by atoms with van der Waals surface area (Å²) in [5, 5.41) is 4.97. The Morgan fingerprint density at radius 1 is 1.24 bits per heavy atom. The van der Waals surface area contributed by atoms with Crippen LogP contribution >= 0.6 is 11.3 Å². The Kier molecular flexibility index (Phi) is 3.54. The van der Waals surface area contributed by atoms with Gasteiger partial charge in [0.2, 0.25) is 0 Å². The molecule has 0 spiro atoms. The van der Waals surface area contributed by atoms with Gasteiger partial charge >= 0.3 is 0 Å². The second kappa shape index (κ2) is 4.94. The van der Waals surface area contributed by atoms with Crippen LogP contribution in [-0.4, -0.2) is 7.05 Å². The van der Waals surface area contributed by atoms with Gasteiger partial charge in [0, 0.05) is 17.0 Å². The van der Waals surface area contributed by atoms with Crippen molar-refractivity contribution in [3.8, 4) is 10.4 Å². The third-order valence-electron chi connectivity index (χ3n) is 2.58. The highest BCUT2D eigenvalue weighted by Crippen LogP contribution is 2.31. The van der Waals surface area contributed by atoms with Gasteiger partial charge < -0.3 is 5.32 Å². The lowest BCUT2D eigenvalue weighted by Gasteiger charge is -2.03. The molecule has 0 atom stereocenters. The minimum atomic E-state index is -0.761. The first-order valence-electron chi connectivity index (χ1n) is 5.30. The van der Waals surface area contributed by atoms with Crippen LogP contribution in [-0.2, 0) is 6.54 Å². The smallest absolute Gasteiger partial charge is 0.167 e. The highest BCUT2D eigenvalue weighted by atomic mass is 32.1. The summed E-state index contributed by atoms with van der Waals surface area (Å²) in [7, 11) is 1.85. The van der Waals surface area contributed by atoms with E-state index in [2.05, 4.69) is 5.32 Å². The van der Waals surface area contributed by atoms with Gasteiger partial charge in [-0.3, -0.25) is 0 Å². The number of hydrogen-bond donors (Lipinski definition) is 1. The monoisotopic (exact) mass is 253 g/mol. The summed E-state index contributed by atoms with van der Waals surface area (Å²) in [5.41, 5.74) is 1.74. The molecule has 0 aliphatic heterocycles. The maximum atomic E-state index is 13.8. The van der Waals surface area contributed by atoms with E-state index >= 15 is 0 Å². The van der Waals surface area contributed by atoms with Gasteiger partial charge in [0.15, 0.2) is 11.6 Å². The lowest BCUT2D eigenvalue weighted by molar-refractivity contribution is 0.506. The van der Waals surface area contributed by atoms with Gasteiger partial charge in [-0.25, -0.2) is 8.78 Å². The van der Waals surface area contributed by atoms with Crippen molar-refractivity contribution in [2.24, 2.45) is 0 Å². The fraction of sp³-hybridized carbons (Fsp3) is 0.231. The van der Waals surface area contributed by atoms with Crippen molar-refractivity contribution < 1.29 is 8.78 Å². The molecule has 1 nitrogen and oxygen atoms in total. The molecule has 1 N–H and O–H groups in total. The van der Waals surface area contributed by atoms with Gasteiger partial charge in [-0.2, -0.15) is 0 Å². The molecular formula is C13H13F2NS. The predicted molar refractivity (Wildman–Crippen MR) is 67.2 cm³/mol. The van der Waals surface area contributed by atoms with E-state index in [4.69, 9.17) is 0 Å². The number of hydrogen-bond acceptors (Lipinski definition) is 2. The van der Waals surface area contributed by atoms with Crippen molar-refractivity contribution in [3.63, 3.8) is 0 Å². The molecule has 0 fully saturated rings. The van der Waals surface area contributed by atoms with Gasteiger partial charge in [-0.05, 0) is 36.5 Å². The van der Waals surface area contributed by atoms with E-state index in [1.165, 1.54) is 11.3 Å². The van der Waals surface area contributed by atoms with Crippen LogP contribution in [0.15, 0.2) is 23.6 Å². The van der Waals surface area contributed by atoms with Crippen LogP contribution in [0.25, 0.3) is 10.4 Å². The van der Waals surface area contributed by atoms with Crippen molar-refractivity contribution in [3.05, 3.63) is 46.3 Å². The lowest BCUT2D eigenvalue weighted by Crippen LogP contribution is -2.03. The second-order valence-corrected chi connectivity index (χ2v) is 4.82. The summed E-state index contributed by atoms with van der Waals surface area (Å²) in [6.07, 6.45) is 0. The zero-order valence-corrected chi connectivity index (χ0v) is 10.5. The van der Waals surface area contributed by atoms with Crippen molar-refractivity contribution in [2.45, 2.75) is 13.5 Å². The Labute approximate surface area is 103 Å². The maximum absolute atomic E-state index is 13.8. The zero-order valence-electron chi connectivity index (χ0n) is 9.68. The van der Waals surface area contributed by atoms with Crippen molar-refractivity contribution in [1.82, 2.24) is 5.32 Å². The predicted octanol–water partition coefficient (Wildman–Crippen LogP) is 3.72. The summed E-state index contributed by atoms with van der Waals surface area (Å²) in [6, 6.07) is 5.11.